The molecule has 2 bridgehead atoms. The maximum absolute atomic E-state index is 12.4. The molecule has 0 spiro atoms. The molecule has 2 N–H and O–H groups in total. The number of hydrogen-bond donors (Lipinski definition) is 2. The van der Waals surface area contributed by atoms with E-state index in [9.17, 15) is 4.79 Å². The van der Waals surface area contributed by atoms with Gasteiger partial charge in [0.15, 0.2) is 11.5 Å². The van der Waals surface area contributed by atoms with Crippen molar-refractivity contribution in [2.45, 2.75) is 52.6 Å². The zero-order valence-corrected chi connectivity index (χ0v) is 15.9. The van der Waals surface area contributed by atoms with E-state index in [4.69, 9.17) is 9.47 Å². The number of nitrogens with one attached hydrogen (secondary N) is 2. The maximum Gasteiger partial charge on any atom is 0.315 e. The van der Waals surface area contributed by atoms with Gasteiger partial charge < -0.3 is 20.1 Å². The van der Waals surface area contributed by atoms with Crippen molar-refractivity contribution in [3.05, 3.63) is 23.8 Å². The Morgan fingerprint density at radius 3 is 2.48 bits per heavy atom. The summed E-state index contributed by atoms with van der Waals surface area (Å²) in [4.78, 5) is 12.4. The van der Waals surface area contributed by atoms with Crippen LogP contribution in [-0.4, -0.2) is 26.3 Å². The van der Waals surface area contributed by atoms with Gasteiger partial charge in [0.1, 0.15) is 0 Å². The first-order chi connectivity index (χ1) is 11.8. The Morgan fingerprint density at radius 2 is 1.92 bits per heavy atom. The predicted molar refractivity (Wildman–Crippen MR) is 97.9 cm³/mol. The van der Waals surface area contributed by atoms with Crippen LogP contribution in [0.15, 0.2) is 18.2 Å². The molecule has 25 heavy (non-hydrogen) atoms. The molecule has 2 amide bonds. The van der Waals surface area contributed by atoms with Gasteiger partial charge in [-0.05, 0) is 53.7 Å². The molecular weight excluding hydrogens is 316 g/mol. The van der Waals surface area contributed by atoms with Gasteiger partial charge in [0.2, 0.25) is 0 Å². The minimum Gasteiger partial charge on any atom is -0.493 e. The molecule has 0 aromatic heterocycles. The Hall–Kier alpha value is -1.91. The van der Waals surface area contributed by atoms with Crippen molar-refractivity contribution >= 4 is 6.03 Å². The van der Waals surface area contributed by atoms with Crippen LogP contribution < -0.4 is 20.1 Å². The summed E-state index contributed by atoms with van der Waals surface area (Å²) < 4.78 is 10.5. The second-order valence-corrected chi connectivity index (χ2v) is 8.18. The van der Waals surface area contributed by atoms with E-state index in [2.05, 4.69) is 31.4 Å². The van der Waals surface area contributed by atoms with E-state index < -0.39 is 0 Å². The summed E-state index contributed by atoms with van der Waals surface area (Å²) in [5.41, 5.74) is 1.47. The fraction of sp³-hybridized carbons (Fsp3) is 0.650. The van der Waals surface area contributed by atoms with Gasteiger partial charge in [0, 0.05) is 12.6 Å². The highest BCUT2D eigenvalue weighted by molar-refractivity contribution is 5.74. The lowest BCUT2D eigenvalue weighted by Crippen LogP contribution is -2.49. The van der Waals surface area contributed by atoms with Gasteiger partial charge in [-0.3, -0.25) is 0 Å². The number of hydrogen-bond acceptors (Lipinski definition) is 3. The molecule has 3 rings (SSSR count). The fourth-order valence-corrected chi connectivity index (χ4v) is 4.80. The summed E-state index contributed by atoms with van der Waals surface area (Å²) in [7, 11) is 3.22. The van der Waals surface area contributed by atoms with E-state index in [1.807, 2.05) is 18.2 Å². The number of carbonyl (C=O) groups excluding carboxylic acids is 1. The Morgan fingerprint density at radius 1 is 1.20 bits per heavy atom. The second-order valence-electron chi connectivity index (χ2n) is 8.18. The zero-order chi connectivity index (χ0) is 18.2. The summed E-state index contributed by atoms with van der Waals surface area (Å²) in [6.07, 6.45) is 3.58. The largest absolute Gasteiger partial charge is 0.493 e. The Balaban J connectivity index is 1.58. The van der Waals surface area contributed by atoms with E-state index in [1.54, 1.807) is 14.2 Å². The predicted octanol–water partition coefficient (Wildman–Crippen LogP) is 3.72. The number of amides is 2. The van der Waals surface area contributed by atoms with Gasteiger partial charge in [-0.1, -0.05) is 26.8 Å². The molecule has 5 heteroatoms. The first-order valence-corrected chi connectivity index (χ1v) is 9.07. The molecule has 0 aliphatic heterocycles. The highest BCUT2D eigenvalue weighted by Crippen LogP contribution is 2.65. The molecule has 138 valence electrons. The molecule has 2 aliphatic rings. The first-order valence-electron chi connectivity index (χ1n) is 9.07. The number of urea groups is 1. The molecule has 1 aromatic carbocycles. The first kappa shape index (κ1) is 17.9. The highest BCUT2D eigenvalue weighted by atomic mass is 16.5. The number of fused-ring (bicyclic) bond motifs is 2. The minimum atomic E-state index is -0.0932. The normalized spacial score (nSPS) is 29.3. The van der Waals surface area contributed by atoms with E-state index >= 15 is 0 Å². The van der Waals surface area contributed by atoms with Gasteiger partial charge in [0.25, 0.3) is 0 Å². The van der Waals surface area contributed by atoms with Crippen molar-refractivity contribution in [2.24, 2.45) is 16.7 Å². The molecule has 2 aliphatic carbocycles. The molecule has 1 aromatic rings. The van der Waals surface area contributed by atoms with E-state index in [0.29, 0.717) is 29.4 Å². The molecule has 0 saturated heterocycles. The van der Waals surface area contributed by atoms with Crippen LogP contribution >= 0.6 is 0 Å². The number of carbonyl (C=O) groups is 1. The van der Waals surface area contributed by atoms with Gasteiger partial charge in [-0.15, -0.1) is 0 Å². The molecule has 0 radical (unpaired) electrons. The second kappa shape index (κ2) is 6.43. The van der Waals surface area contributed by atoms with Crippen LogP contribution in [-0.2, 0) is 6.54 Å². The Kier molecular flexibility index (Phi) is 4.60. The van der Waals surface area contributed by atoms with Gasteiger partial charge in [-0.2, -0.15) is 0 Å². The topological polar surface area (TPSA) is 59.6 Å². The zero-order valence-electron chi connectivity index (χ0n) is 15.9. The summed E-state index contributed by atoms with van der Waals surface area (Å²) in [5, 5.41) is 6.19. The van der Waals surface area contributed by atoms with Crippen LogP contribution in [0.5, 0.6) is 11.5 Å². The summed E-state index contributed by atoms with van der Waals surface area (Å²) in [6, 6.07) is 5.84. The molecule has 3 atom stereocenters. The average molecular weight is 346 g/mol. The summed E-state index contributed by atoms with van der Waals surface area (Å²) >= 11 is 0. The van der Waals surface area contributed by atoms with Crippen molar-refractivity contribution in [1.82, 2.24) is 10.6 Å². The van der Waals surface area contributed by atoms with Gasteiger partial charge >= 0.3 is 6.03 Å². The number of benzene rings is 1. The van der Waals surface area contributed by atoms with Crippen molar-refractivity contribution in [1.29, 1.82) is 0 Å². The summed E-state index contributed by atoms with van der Waals surface area (Å²) in [5.74, 6) is 2.08. The monoisotopic (exact) mass is 346 g/mol. The molecule has 2 saturated carbocycles. The third kappa shape index (κ3) is 2.94. The minimum absolute atomic E-state index is 0.0932. The lowest BCUT2D eigenvalue weighted by molar-refractivity contribution is 0.123. The van der Waals surface area contributed by atoms with Gasteiger partial charge in [-0.25, -0.2) is 4.79 Å². The van der Waals surface area contributed by atoms with Crippen LogP contribution in [0.3, 0.4) is 0 Å². The number of ether oxygens (including phenoxy) is 2. The lowest BCUT2D eigenvalue weighted by atomic mass is 9.69. The highest BCUT2D eigenvalue weighted by Gasteiger charge is 2.61. The third-order valence-corrected chi connectivity index (χ3v) is 7.00. The van der Waals surface area contributed by atoms with Crippen LogP contribution in [0.1, 0.15) is 45.6 Å². The molecule has 2 fully saturated rings. The van der Waals surface area contributed by atoms with Crippen molar-refractivity contribution < 1.29 is 14.3 Å². The number of rotatable bonds is 5. The Bertz CT molecular complexity index is 658. The fourth-order valence-electron chi connectivity index (χ4n) is 4.80. The lowest BCUT2D eigenvalue weighted by Gasteiger charge is -2.39. The van der Waals surface area contributed by atoms with Crippen LogP contribution in [0.2, 0.25) is 0 Å². The average Bonchev–Trinajstić information content (AvgIpc) is 2.93. The van der Waals surface area contributed by atoms with E-state index in [0.717, 1.165) is 12.0 Å². The SMILES string of the molecule is COc1ccc(CNC(=O)N[C@H]2C[C@@H]3CC[C@@]2(C)C3(C)C)cc1OC. The quantitative estimate of drug-likeness (QED) is 0.854. The molecular formula is C20H30N2O3. The van der Waals surface area contributed by atoms with Crippen molar-refractivity contribution in [2.75, 3.05) is 14.2 Å². The van der Waals surface area contributed by atoms with Crippen LogP contribution in [0, 0.1) is 16.7 Å². The van der Waals surface area contributed by atoms with Crippen LogP contribution in [0.4, 0.5) is 4.79 Å². The standard InChI is InChI=1S/C20H30N2O3/c1-19(2)14-8-9-20(19,3)17(11-14)22-18(23)21-12-13-6-7-15(24-4)16(10-13)25-5/h6-7,10,14,17H,8-9,11-12H2,1-5H3,(H2,21,22,23)/t14-,17-,20+/m0/s1. The third-order valence-electron chi connectivity index (χ3n) is 7.00. The van der Waals surface area contributed by atoms with E-state index in [1.165, 1.54) is 12.8 Å². The summed E-state index contributed by atoms with van der Waals surface area (Å²) in [6.45, 7) is 7.50. The van der Waals surface area contributed by atoms with Crippen LogP contribution in [0.25, 0.3) is 0 Å². The smallest absolute Gasteiger partial charge is 0.315 e. The van der Waals surface area contributed by atoms with E-state index in [-0.39, 0.29) is 17.5 Å². The van der Waals surface area contributed by atoms with Crippen molar-refractivity contribution in [3.8, 4) is 11.5 Å². The Labute approximate surface area is 150 Å². The van der Waals surface area contributed by atoms with Crippen molar-refractivity contribution in [3.63, 3.8) is 0 Å². The molecule has 0 heterocycles. The maximum atomic E-state index is 12.4. The molecule has 0 unspecified atom stereocenters. The van der Waals surface area contributed by atoms with Gasteiger partial charge in [0.05, 0.1) is 14.2 Å². The molecule has 5 nitrogen and oxygen atoms in total. The number of methoxy groups -OCH3 is 2.